The molecule has 0 radical (unpaired) electrons. The Morgan fingerprint density at radius 3 is 1.77 bits per heavy atom. The van der Waals surface area contributed by atoms with Crippen molar-refractivity contribution in [1.29, 1.82) is 0 Å². The molecule has 5 aromatic carbocycles. The molecule has 1 spiro atoms. The Bertz CT molecular complexity index is 1800. The van der Waals surface area contributed by atoms with Gasteiger partial charge in [0.2, 0.25) is 0 Å². The molecule has 40 heavy (non-hydrogen) atoms. The summed E-state index contributed by atoms with van der Waals surface area (Å²) < 4.78 is 13.3. The van der Waals surface area contributed by atoms with Gasteiger partial charge in [-0.25, -0.2) is 0 Å². The first kappa shape index (κ1) is 23.9. The van der Waals surface area contributed by atoms with E-state index in [0.29, 0.717) is 0 Å². The molecule has 5 aromatic rings. The molecule has 2 nitrogen and oxygen atoms in total. The molecule has 1 aliphatic heterocycles. The summed E-state index contributed by atoms with van der Waals surface area (Å²) in [7, 11) is -0.435. The Morgan fingerprint density at radius 1 is 0.475 bits per heavy atom. The van der Waals surface area contributed by atoms with Crippen LogP contribution in [0.25, 0.3) is 33.4 Å². The van der Waals surface area contributed by atoms with E-state index in [1.54, 1.807) is 0 Å². The summed E-state index contributed by atoms with van der Waals surface area (Å²) >= 11 is 0. The summed E-state index contributed by atoms with van der Waals surface area (Å²) in [5.74, 6) is 0. The van der Waals surface area contributed by atoms with Gasteiger partial charge in [-0.05, 0) is 94.9 Å². The van der Waals surface area contributed by atoms with E-state index >= 15 is 0 Å². The number of fused-ring (bicyclic) bond motifs is 10. The molecule has 1 unspecified atom stereocenters. The Morgan fingerprint density at radius 2 is 1.05 bits per heavy atom. The van der Waals surface area contributed by atoms with Crippen molar-refractivity contribution < 1.29 is 9.31 Å². The predicted molar refractivity (Wildman–Crippen MR) is 164 cm³/mol. The van der Waals surface area contributed by atoms with Crippen molar-refractivity contribution in [2.45, 2.75) is 44.3 Å². The molecule has 1 heterocycles. The van der Waals surface area contributed by atoms with Crippen LogP contribution in [0.15, 0.2) is 115 Å². The van der Waals surface area contributed by atoms with Crippen LogP contribution in [0, 0.1) is 0 Å². The molecule has 3 aliphatic rings. The van der Waals surface area contributed by atoms with E-state index in [2.05, 4.69) is 143 Å². The van der Waals surface area contributed by atoms with E-state index in [1.807, 2.05) is 0 Å². The van der Waals surface area contributed by atoms with Crippen molar-refractivity contribution in [2.24, 2.45) is 0 Å². The zero-order chi connectivity index (χ0) is 27.3. The second kappa shape index (κ2) is 8.07. The van der Waals surface area contributed by atoms with Crippen molar-refractivity contribution in [3.63, 3.8) is 0 Å². The van der Waals surface area contributed by atoms with Crippen LogP contribution in [-0.4, -0.2) is 18.3 Å². The topological polar surface area (TPSA) is 18.5 Å². The molecule has 0 aromatic heterocycles. The van der Waals surface area contributed by atoms with Crippen LogP contribution in [0.1, 0.15) is 49.9 Å². The van der Waals surface area contributed by atoms with Crippen molar-refractivity contribution in [3.8, 4) is 33.4 Å². The summed E-state index contributed by atoms with van der Waals surface area (Å²) in [5, 5.41) is 0. The van der Waals surface area contributed by atoms with Crippen LogP contribution in [0.3, 0.4) is 0 Å². The second-order valence-corrected chi connectivity index (χ2v) is 12.3. The molecule has 0 bridgehead atoms. The monoisotopic (exact) mass is 518 g/mol. The van der Waals surface area contributed by atoms with E-state index < -0.39 is 23.7 Å². The average molecular weight is 518 g/mol. The summed E-state index contributed by atoms with van der Waals surface area (Å²) in [6.07, 6.45) is 0. The standard InChI is InChI=1S/C37H31BO2/c1-35(2)36(3,4)40-38(39-35)33-20-12-19-31-34(33)28-16-9-11-18-30(28)37(31)29-17-10-8-15-26(29)27-22-21-25(23-32(27)37)24-13-6-5-7-14-24/h5-23H,1-4H3. The molecular weight excluding hydrogens is 487 g/mol. The summed E-state index contributed by atoms with van der Waals surface area (Å²) in [6, 6.07) is 42.3. The van der Waals surface area contributed by atoms with Gasteiger partial charge < -0.3 is 9.31 Å². The first-order chi connectivity index (χ1) is 19.3. The van der Waals surface area contributed by atoms with Crippen LogP contribution in [0.4, 0.5) is 0 Å². The van der Waals surface area contributed by atoms with Gasteiger partial charge in [-0.1, -0.05) is 109 Å². The molecule has 0 N–H and O–H groups in total. The fourth-order valence-corrected chi connectivity index (χ4v) is 7.19. The average Bonchev–Trinajstić information content (AvgIpc) is 3.52. The third kappa shape index (κ3) is 2.97. The number of hydrogen-bond acceptors (Lipinski definition) is 2. The minimum Gasteiger partial charge on any atom is -0.399 e. The minimum atomic E-state index is -0.435. The molecule has 8 rings (SSSR count). The van der Waals surface area contributed by atoms with Gasteiger partial charge in [0, 0.05) is 0 Å². The van der Waals surface area contributed by atoms with Gasteiger partial charge in [-0.3, -0.25) is 0 Å². The van der Waals surface area contributed by atoms with E-state index in [1.165, 1.54) is 55.6 Å². The Balaban J connectivity index is 1.45. The second-order valence-electron chi connectivity index (χ2n) is 12.3. The van der Waals surface area contributed by atoms with E-state index in [4.69, 9.17) is 9.31 Å². The van der Waals surface area contributed by atoms with Crippen molar-refractivity contribution >= 4 is 12.6 Å². The highest BCUT2D eigenvalue weighted by molar-refractivity contribution is 6.64. The maximum atomic E-state index is 6.64. The third-order valence-corrected chi connectivity index (χ3v) is 9.76. The van der Waals surface area contributed by atoms with E-state index in [9.17, 15) is 0 Å². The molecule has 0 amide bonds. The maximum absolute atomic E-state index is 6.64. The zero-order valence-electron chi connectivity index (χ0n) is 23.4. The van der Waals surface area contributed by atoms with Gasteiger partial charge in [0.25, 0.3) is 0 Å². The van der Waals surface area contributed by atoms with Crippen LogP contribution >= 0.6 is 0 Å². The molecule has 1 atom stereocenters. The highest BCUT2D eigenvalue weighted by Crippen LogP contribution is 2.62. The molecule has 2 aliphatic carbocycles. The lowest BCUT2D eigenvalue weighted by Crippen LogP contribution is -2.41. The van der Waals surface area contributed by atoms with Crippen LogP contribution in [0.2, 0.25) is 0 Å². The fourth-order valence-electron chi connectivity index (χ4n) is 7.19. The normalized spacial score (nSPS) is 20.8. The van der Waals surface area contributed by atoms with Gasteiger partial charge in [0.05, 0.1) is 16.6 Å². The smallest absolute Gasteiger partial charge is 0.399 e. The van der Waals surface area contributed by atoms with Gasteiger partial charge in [0.15, 0.2) is 0 Å². The van der Waals surface area contributed by atoms with Gasteiger partial charge >= 0.3 is 7.12 Å². The molecule has 1 saturated heterocycles. The largest absolute Gasteiger partial charge is 0.495 e. The first-order valence-electron chi connectivity index (χ1n) is 14.2. The lowest BCUT2D eigenvalue weighted by Gasteiger charge is -2.32. The summed E-state index contributed by atoms with van der Waals surface area (Å²) in [4.78, 5) is 0. The Kier molecular flexibility index (Phi) is 4.83. The minimum absolute atomic E-state index is 0.409. The van der Waals surface area contributed by atoms with Crippen LogP contribution in [-0.2, 0) is 14.7 Å². The van der Waals surface area contributed by atoms with Crippen LogP contribution in [0.5, 0.6) is 0 Å². The van der Waals surface area contributed by atoms with Crippen LogP contribution < -0.4 is 5.46 Å². The highest BCUT2D eigenvalue weighted by Gasteiger charge is 2.56. The molecule has 0 saturated carbocycles. The SMILES string of the molecule is CC1(C)OB(c2cccc3c2-c2ccccc2C32c3ccccc3-c3ccc(-c4ccccc4)cc32)OC1(C)C. The molecule has 1 fully saturated rings. The number of benzene rings is 5. The van der Waals surface area contributed by atoms with E-state index in [0.717, 1.165) is 5.46 Å². The van der Waals surface area contributed by atoms with E-state index in [-0.39, 0.29) is 0 Å². The Labute approximate surface area is 236 Å². The first-order valence-corrected chi connectivity index (χ1v) is 14.2. The van der Waals surface area contributed by atoms with Crippen molar-refractivity contribution in [1.82, 2.24) is 0 Å². The lowest BCUT2D eigenvalue weighted by atomic mass is 9.68. The lowest BCUT2D eigenvalue weighted by molar-refractivity contribution is 0.00578. The number of rotatable bonds is 2. The maximum Gasteiger partial charge on any atom is 0.495 e. The molecular formula is C37H31BO2. The van der Waals surface area contributed by atoms with Crippen molar-refractivity contribution in [3.05, 3.63) is 138 Å². The predicted octanol–water partition coefficient (Wildman–Crippen LogP) is 8.00. The number of hydrogen-bond donors (Lipinski definition) is 0. The summed E-state index contributed by atoms with van der Waals surface area (Å²) in [6.45, 7) is 8.50. The molecule has 3 heteroatoms. The highest BCUT2D eigenvalue weighted by atomic mass is 16.7. The quantitative estimate of drug-likeness (QED) is 0.216. The third-order valence-electron chi connectivity index (χ3n) is 9.76. The van der Waals surface area contributed by atoms with Gasteiger partial charge in [0.1, 0.15) is 0 Å². The Hall–Kier alpha value is -3.92. The van der Waals surface area contributed by atoms with Gasteiger partial charge in [-0.2, -0.15) is 0 Å². The fraction of sp³-hybridized carbons (Fsp3) is 0.189. The van der Waals surface area contributed by atoms with Crippen molar-refractivity contribution in [2.75, 3.05) is 0 Å². The van der Waals surface area contributed by atoms with Gasteiger partial charge in [-0.15, -0.1) is 0 Å². The summed E-state index contributed by atoms with van der Waals surface area (Å²) in [5.41, 5.74) is 12.8. The molecule has 194 valence electrons. The zero-order valence-corrected chi connectivity index (χ0v) is 23.4.